The molecule has 0 heterocycles. The SMILES string of the molecule is O=C(O)C=Cc1ccc(CO)cc1.O=C(O)C=Cc1ccc(O)cc1. The van der Waals surface area contributed by atoms with Gasteiger partial charge in [-0.15, -0.1) is 0 Å². The van der Waals surface area contributed by atoms with Gasteiger partial charge < -0.3 is 20.4 Å². The van der Waals surface area contributed by atoms with Gasteiger partial charge in [-0.1, -0.05) is 36.4 Å². The Hall–Kier alpha value is -3.38. The minimum Gasteiger partial charge on any atom is -0.508 e. The quantitative estimate of drug-likeness (QED) is 0.621. The van der Waals surface area contributed by atoms with E-state index in [9.17, 15) is 9.59 Å². The molecule has 2 rings (SSSR count). The molecule has 0 aliphatic rings. The van der Waals surface area contributed by atoms with E-state index in [1.165, 1.54) is 24.3 Å². The van der Waals surface area contributed by atoms with Crippen molar-refractivity contribution in [2.75, 3.05) is 0 Å². The molecule has 25 heavy (non-hydrogen) atoms. The predicted octanol–water partition coefficient (Wildman–Crippen LogP) is 2.77. The van der Waals surface area contributed by atoms with Gasteiger partial charge in [0, 0.05) is 12.2 Å². The van der Waals surface area contributed by atoms with Crippen molar-refractivity contribution in [1.82, 2.24) is 0 Å². The van der Waals surface area contributed by atoms with Crippen molar-refractivity contribution in [3.05, 3.63) is 77.4 Å². The van der Waals surface area contributed by atoms with Gasteiger partial charge in [0.05, 0.1) is 6.61 Å². The zero-order chi connectivity index (χ0) is 18.7. The molecule has 0 aliphatic carbocycles. The van der Waals surface area contributed by atoms with Gasteiger partial charge in [0.2, 0.25) is 0 Å². The minimum absolute atomic E-state index is 0.00290. The number of aliphatic carboxylic acids is 2. The van der Waals surface area contributed by atoms with E-state index in [1.54, 1.807) is 36.4 Å². The van der Waals surface area contributed by atoms with E-state index in [0.717, 1.165) is 28.8 Å². The summed E-state index contributed by atoms with van der Waals surface area (Å²) < 4.78 is 0. The molecular formula is C19H18O6. The number of hydrogen-bond donors (Lipinski definition) is 4. The van der Waals surface area contributed by atoms with Crippen LogP contribution in [-0.4, -0.2) is 32.4 Å². The Morgan fingerprint density at radius 3 is 1.52 bits per heavy atom. The zero-order valence-corrected chi connectivity index (χ0v) is 13.2. The Kier molecular flexibility index (Phi) is 8.19. The molecule has 0 radical (unpaired) electrons. The van der Waals surface area contributed by atoms with Crippen molar-refractivity contribution in [3.8, 4) is 5.75 Å². The number of benzene rings is 2. The number of carboxylic acid groups (broad SMARTS) is 2. The van der Waals surface area contributed by atoms with Gasteiger partial charge in [0.25, 0.3) is 0 Å². The third-order valence-electron chi connectivity index (χ3n) is 2.89. The lowest BCUT2D eigenvalue weighted by Gasteiger charge is -1.95. The third-order valence-corrected chi connectivity index (χ3v) is 2.89. The van der Waals surface area contributed by atoms with E-state index in [2.05, 4.69) is 0 Å². The Morgan fingerprint density at radius 1 is 0.760 bits per heavy atom. The van der Waals surface area contributed by atoms with Crippen LogP contribution in [-0.2, 0) is 16.2 Å². The van der Waals surface area contributed by atoms with Crippen LogP contribution in [0.15, 0.2) is 60.7 Å². The van der Waals surface area contributed by atoms with E-state index in [1.807, 2.05) is 0 Å². The van der Waals surface area contributed by atoms with Gasteiger partial charge in [-0.25, -0.2) is 9.59 Å². The van der Waals surface area contributed by atoms with Crippen LogP contribution in [0.25, 0.3) is 12.2 Å². The second kappa shape index (κ2) is 10.4. The first-order valence-corrected chi connectivity index (χ1v) is 7.21. The first kappa shape index (κ1) is 19.7. The topological polar surface area (TPSA) is 115 Å². The first-order chi connectivity index (χ1) is 11.9. The molecule has 6 nitrogen and oxygen atoms in total. The molecule has 0 saturated carbocycles. The van der Waals surface area contributed by atoms with Crippen molar-refractivity contribution >= 4 is 24.1 Å². The highest BCUT2D eigenvalue weighted by Crippen LogP contribution is 2.10. The molecule has 0 aromatic heterocycles. The molecular weight excluding hydrogens is 324 g/mol. The average molecular weight is 342 g/mol. The third kappa shape index (κ3) is 8.73. The maximum Gasteiger partial charge on any atom is 0.328 e. The molecule has 4 N–H and O–H groups in total. The number of rotatable bonds is 5. The van der Waals surface area contributed by atoms with Crippen molar-refractivity contribution in [2.45, 2.75) is 6.61 Å². The van der Waals surface area contributed by atoms with Crippen LogP contribution >= 0.6 is 0 Å². The van der Waals surface area contributed by atoms with Gasteiger partial charge >= 0.3 is 11.9 Å². The number of carboxylic acids is 2. The number of aliphatic hydroxyl groups excluding tert-OH is 1. The molecule has 0 atom stereocenters. The maximum absolute atomic E-state index is 10.2. The normalized spacial score (nSPS) is 10.4. The van der Waals surface area contributed by atoms with Crippen LogP contribution in [0.5, 0.6) is 5.75 Å². The van der Waals surface area contributed by atoms with E-state index >= 15 is 0 Å². The highest BCUT2D eigenvalue weighted by atomic mass is 16.4. The summed E-state index contributed by atoms with van der Waals surface area (Å²) in [5, 5.41) is 34.3. The fourth-order valence-corrected chi connectivity index (χ4v) is 1.65. The van der Waals surface area contributed by atoms with E-state index in [4.69, 9.17) is 20.4 Å². The molecule has 130 valence electrons. The number of aromatic hydroxyl groups is 1. The summed E-state index contributed by atoms with van der Waals surface area (Å²) in [5.41, 5.74) is 2.36. The summed E-state index contributed by atoms with van der Waals surface area (Å²) in [5.74, 6) is -1.78. The van der Waals surface area contributed by atoms with Crippen LogP contribution in [0.3, 0.4) is 0 Å². The molecule has 0 unspecified atom stereocenters. The first-order valence-electron chi connectivity index (χ1n) is 7.21. The van der Waals surface area contributed by atoms with E-state index in [-0.39, 0.29) is 12.4 Å². The van der Waals surface area contributed by atoms with Crippen LogP contribution in [0.2, 0.25) is 0 Å². The fraction of sp³-hybridized carbons (Fsp3) is 0.0526. The number of carbonyl (C=O) groups is 2. The Bertz CT molecular complexity index is 742. The average Bonchev–Trinajstić information content (AvgIpc) is 2.60. The Labute approximate surface area is 144 Å². The van der Waals surface area contributed by atoms with Crippen molar-refractivity contribution in [1.29, 1.82) is 0 Å². The van der Waals surface area contributed by atoms with Crippen molar-refractivity contribution in [2.24, 2.45) is 0 Å². The van der Waals surface area contributed by atoms with E-state index in [0.29, 0.717) is 0 Å². The number of aliphatic hydroxyl groups is 1. The van der Waals surface area contributed by atoms with Gasteiger partial charge in [0.1, 0.15) is 5.75 Å². The summed E-state index contributed by atoms with van der Waals surface area (Å²) in [6.07, 6.45) is 5.09. The smallest absolute Gasteiger partial charge is 0.328 e. The molecule has 6 heteroatoms. The van der Waals surface area contributed by atoms with Gasteiger partial charge in [-0.3, -0.25) is 0 Å². The molecule has 0 spiro atoms. The summed E-state index contributed by atoms with van der Waals surface area (Å²) in [7, 11) is 0. The Balaban J connectivity index is 0.000000251. The molecule has 0 bridgehead atoms. The molecule has 0 fully saturated rings. The lowest BCUT2D eigenvalue weighted by Crippen LogP contribution is -1.86. The molecule has 0 saturated heterocycles. The fourth-order valence-electron chi connectivity index (χ4n) is 1.65. The Morgan fingerprint density at radius 2 is 1.16 bits per heavy atom. The highest BCUT2D eigenvalue weighted by molar-refractivity contribution is 5.85. The van der Waals surface area contributed by atoms with Crippen LogP contribution in [0.4, 0.5) is 0 Å². The molecule has 2 aromatic carbocycles. The van der Waals surface area contributed by atoms with Crippen molar-refractivity contribution < 1.29 is 30.0 Å². The minimum atomic E-state index is -0.983. The van der Waals surface area contributed by atoms with Gasteiger partial charge in [-0.05, 0) is 41.0 Å². The largest absolute Gasteiger partial charge is 0.508 e. The number of phenols is 1. The predicted molar refractivity (Wildman–Crippen MR) is 93.8 cm³/mol. The maximum atomic E-state index is 10.2. The van der Waals surface area contributed by atoms with Gasteiger partial charge in [0.15, 0.2) is 0 Å². The lowest BCUT2D eigenvalue weighted by atomic mass is 10.1. The summed E-state index contributed by atoms with van der Waals surface area (Å²) in [6.45, 7) is 0.00290. The summed E-state index contributed by atoms with van der Waals surface area (Å²) >= 11 is 0. The van der Waals surface area contributed by atoms with Gasteiger partial charge in [-0.2, -0.15) is 0 Å². The summed E-state index contributed by atoms with van der Waals surface area (Å²) in [4.78, 5) is 20.3. The van der Waals surface area contributed by atoms with Crippen molar-refractivity contribution in [3.63, 3.8) is 0 Å². The van der Waals surface area contributed by atoms with E-state index < -0.39 is 11.9 Å². The number of phenolic OH excluding ortho intramolecular Hbond substituents is 1. The lowest BCUT2D eigenvalue weighted by molar-refractivity contribution is -0.132. The standard InChI is InChI=1S/C10H10O3.C9H8O3/c11-7-9-3-1-8(2-4-9)5-6-10(12)13;10-8-4-1-7(2-5-8)3-6-9(11)12/h1-6,11H,7H2,(H,12,13);1-6,10H,(H,11,12). The molecule has 0 amide bonds. The molecule has 0 aliphatic heterocycles. The zero-order valence-electron chi connectivity index (χ0n) is 13.2. The second-order valence-electron chi connectivity index (χ2n) is 4.83. The second-order valence-corrected chi connectivity index (χ2v) is 4.83. The van der Waals surface area contributed by atoms with Crippen LogP contribution in [0, 0.1) is 0 Å². The van der Waals surface area contributed by atoms with Crippen LogP contribution < -0.4 is 0 Å². The highest BCUT2D eigenvalue weighted by Gasteiger charge is 1.91. The summed E-state index contributed by atoms with van der Waals surface area (Å²) in [6, 6.07) is 13.3. The monoisotopic (exact) mass is 342 g/mol. The molecule has 2 aromatic rings. The van der Waals surface area contributed by atoms with Crippen LogP contribution in [0.1, 0.15) is 16.7 Å². The number of hydrogen-bond acceptors (Lipinski definition) is 4.